The van der Waals surface area contributed by atoms with Crippen LogP contribution in [0.3, 0.4) is 0 Å². The highest BCUT2D eigenvalue weighted by Gasteiger charge is 2.66. The standard InChI is InChI=1S/C21H23BrO3/c1-19(2)14-9-10-21(19,4)17-16(14)20(3,18(23)24)11-15(25-17)12-5-7-13(22)8-6-12/h5-8,11,14H,9-10H2,1-4H3,(H,23,24)/t14?,20-,21?/m0/s1. The molecule has 3 aliphatic rings. The Bertz CT molecular complexity index is 833. The number of carboxylic acid groups (broad SMARTS) is 1. The number of aliphatic carboxylic acids is 1. The fourth-order valence-corrected chi connectivity index (χ4v) is 5.31. The minimum Gasteiger partial charge on any atom is -0.480 e. The Morgan fingerprint density at radius 2 is 1.84 bits per heavy atom. The van der Waals surface area contributed by atoms with Gasteiger partial charge in [0.1, 0.15) is 16.9 Å². The van der Waals surface area contributed by atoms with E-state index in [0.717, 1.165) is 34.2 Å². The van der Waals surface area contributed by atoms with Gasteiger partial charge in [-0.15, -0.1) is 0 Å². The Labute approximate surface area is 156 Å². The van der Waals surface area contributed by atoms with Gasteiger partial charge in [0.05, 0.1) is 0 Å². The van der Waals surface area contributed by atoms with Crippen LogP contribution in [0, 0.1) is 22.2 Å². The van der Waals surface area contributed by atoms with Gasteiger partial charge in [-0.05, 0) is 54.9 Å². The fourth-order valence-electron chi connectivity index (χ4n) is 5.05. The van der Waals surface area contributed by atoms with Gasteiger partial charge in [0, 0.05) is 15.5 Å². The third-order valence-electron chi connectivity index (χ3n) is 7.08. The average molecular weight is 403 g/mol. The van der Waals surface area contributed by atoms with Gasteiger partial charge < -0.3 is 9.84 Å². The summed E-state index contributed by atoms with van der Waals surface area (Å²) in [7, 11) is 0. The molecule has 2 unspecified atom stereocenters. The number of hydrogen-bond donors (Lipinski definition) is 1. The van der Waals surface area contributed by atoms with Crippen molar-refractivity contribution in [2.45, 2.75) is 40.5 Å². The second kappa shape index (κ2) is 5.00. The van der Waals surface area contributed by atoms with Crippen molar-refractivity contribution in [2.24, 2.45) is 22.2 Å². The molecule has 3 nitrogen and oxygen atoms in total. The molecule has 3 atom stereocenters. The normalized spacial score (nSPS) is 35.2. The van der Waals surface area contributed by atoms with Crippen LogP contribution in [-0.2, 0) is 9.53 Å². The number of fused-ring (bicyclic) bond motifs is 4. The summed E-state index contributed by atoms with van der Waals surface area (Å²) in [5.41, 5.74) is 0.775. The second-order valence-electron chi connectivity index (χ2n) is 8.51. The molecule has 1 saturated carbocycles. The van der Waals surface area contributed by atoms with Crippen molar-refractivity contribution in [3.05, 3.63) is 51.7 Å². The molecule has 0 amide bonds. The number of carbonyl (C=O) groups is 1. The summed E-state index contributed by atoms with van der Waals surface area (Å²) in [6, 6.07) is 7.83. The lowest BCUT2D eigenvalue weighted by atomic mass is 9.68. The Morgan fingerprint density at radius 1 is 1.20 bits per heavy atom. The zero-order valence-electron chi connectivity index (χ0n) is 15.0. The average Bonchev–Trinajstić information content (AvgIpc) is 2.87. The van der Waals surface area contributed by atoms with Gasteiger partial charge in [-0.2, -0.15) is 0 Å². The smallest absolute Gasteiger partial charge is 0.317 e. The highest BCUT2D eigenvalue weighted by atomic mass is 79.9. The van der Waals surface area contributed by atoms with Gasteiger partial charge in [0.15, 0.2) is 0 Å². The molecule has 4 rings (SSSR count). The van der Waals surface area contributed by atoms with E-state index in [2.05, 4.69) is 36.7 Å². The van der Waals surface area contributed by atoms with E-state index in [1.165, 1.54) is 0 Å². The van der Waals surface area contributed by atoms with Gasteiger partial charge in [-0.1, -0.05) is 48.8 Å². The maximum Gasteiger partial charge on any atom is 0.317 e. The van der Waals surface area contributed by atoms with E-state index in [9.17, 15) is 9.90 Å². The van der Waals surface area contributed by atoms with E-state index in [1.54, 1.807) is 6.08 Å². The van der Waals surface area contributed by atoms with Gasteiger partial charge in [0.25, 0.3) is 0 Å². The SMILES string of the molecule is CC12CCC(C3=C1OC(c1ccc(Br)cc1)=C[C@]3(C)C(=O)O)C2(C)C. The molecule has 132 valence electrons. The first-order valence-corrected chi connectivity index (χ1v) is 9.56. The summed E-state index contributed by atoms with van der Waals surface area (Å²) in [4.78, 5) is 12.3. The van der Waals surface area contributed by atoms with E-state index < -0.39 is 11.4 Å². The molecule has 1 fully saturated rings. The first-order chi connectivity index (χ1) is 11.6. The molecule has 2 aliphatic carbocycles. The minimum absolute atomic E-state index is 0.0113. The van der Waals surface area contributed by atoms with Crippen LogP contribution in [0.25, 0.3) is 5.76 Å². The summed E-state index contributed by atoms with van der Waals surface area (Å²) >= 11 is 3.45. The van der Waals surface area contributed by atoms with Crippen molar-refractivity contribution in [1.82, 2.24) is 0 Å². The van der Waals surface area contributed by atoms with E-state index in [4.69, 9.17) is 4.74 Å². The molecule has 4 heteroatoms. The maximum absolute atomic E-state index is 12.3. The molecule has 25 heavy (non-hydrogen) atoms. The minimum atomic E-state index is -1.02. The van der Waals surface area contributed by atoms with Gasteiger partial charge >= 0.3 is 5.97 Å². The number of carboxylic acids is 1. The monoisotopic (exact) mass is 402 g/mol. The maximum atomic E-state index is 12.3. The van der Waals surface area contributed by atoms with Crippen LogP contribution in [0.4, 0.5) is 0 Å². The third-order valence-corrected chi connectivity index (χ3v) is 7.61. The highest BCUT2D eigenvalue weighted by Crippen LogP contribution is 2.72. The first-order valence-electron chi connectivity index (χ1n) is 8.76. The largest absolute Gasteiger partial charge is 0.480 e. The van der Waals surface area contributed by atoms with Gasteiger partial charge in [-0.3, -0.25) is 4.79 Å². The first kappa shape index (κ1) is 16.9. The second-order valence-corrected chi connectivity index (χ2v) is 9.43. The predicted octanol–water partition coefficient (Wildman–Crippen LogP) is 5.62. The van der Waals surface area contributed by atoms with Crippen molar-refractivity contribution < 1.29 is 14.6 Å². The molecule has 0 aromatic heterocycles. The number of hydrogen-bond acceptors (Lipinski definition) is 2. The molecule has 0 radical (unpaired) electrons. The summed E-state index contributed by atoms with van der Waals surface area (Å²) in [5.74, 6) is 1.01. The lowest BCUT2D eigenvalue weighted by molar-refractivity contribution is -0.144. The van der Waals surface area contributed by atoms with E-state index >= 15 is 0 Å². The molecule has 1 aromatic rings. The molecule has 2 bridgehead atoms. The molecule has 1 heterocycles. The molecule has 1 aliphatic heterocycles. The van der Waals surface area contributed by atoms with Crippen LogP contribution in [0.5, 0.6) is 0 Å². The van der Waals surface area contributed by atoms with Gasteiger partial charge in [0.2, 0.25) is 0 Å². The highest BCUT2D eigenvalue weighted by molar-refractivity contribution is 9.10. The zero-order chi connectivity index (χ0) is 18.2. The number of allylic oxidation sites excluding steroid dienone is 1. The Morgan fingerprint density at radius 3 is 2.44 bits per heavy atom. The van der Waals surface area contributed by atoms with E-state index in [0.29, 0.717) is 5.76 Å². The molecule has 1 aromatic carbocycles. The molecule has 0 spiro atoms. The molecular formula is C21H23BrO3. The Hall–Kier alpha value is -1.55. The fraction of sp³-hybridized carbons (Fsp3) is 0.476. The summed E-state index contributed by atoms with van der Waals surface area (Å²) < 4.78 is 7.40. The van der Waals surface area contributed by atoms with Crippen LogP contribution in [0.15, 0.2) is 46.1 Å². The summed E-state index contributed by atoms with van der Waals surface area (Å²) in [6.07, 6.45) is 3.89. The van der Waals surface area contributed by atoms with Crippen LogP contribution in [0.1, 0.15) is 46.1 Å². The number of halogens is 1. The summed E-state index contributed by atoms with van der Waals surface area (Å²) in [6.45, 7) is 8.58. The Kier molecular flexibility index (Phi) is 3.38. The van der Waals surface area contributed by atoms with E-state index in [-0.39, 0.29) is 16.7 Å². The topological polar surface area (TPSA) is 46.5 Å². The number of ether oxygens (including phenoxy) is 1. The number of rotatable bonds is 2. The molecule has 0 saturated heterocycles. The third kappa shape index (κ3) is 2.00. The van der Waals surface area contributed by atoms with Crippen molar-refractivity contribution in [3.8, 4) is 0 Å². The van der Waals surface area contributed by atoms with Crippen LogP contribution in [0.2, 0.25) is 0 Å². The van der Waals surface area contributed by atoms with Crippen LogP contribution < -0.4 is 0 Å². The molecular weight excluding hydrogens is 380 g/mol. The summed E-state index contributed by atoms with van der Waals surface area (Å²) in [5, 5.41) is 10.1. The van der Waals surface area contributed by atoms with E-state index in [1.807, 2.05) is 31.2 Å². The number of benzene rings is 1. The van der Waals surface area contributed by atoms with Gasteiger partial charge in [-0.25, -0.2) is 0 Å². The molecule has 1 N–H and O–H groups in total. The van der Waals surface area contributed by atoms with Crippen molar-refractivity contribution in [2.75, 3.05) is 0 Å². The quantitative estimate of drug-likeness (QED) is 0.697. The predicted molar refractivity (Wildman–Crippen MR) is 101 cm³/mol. The lowest BCUT2D eigenvalue weighted by Gasteiger charge is -2.38. The zero-order valence-corrected chi connectivity index (χ0v) is 16.6. The Balaban J connectivity index is 1.89. The van der Waals surface area contributed by atoms with Crippen molar-refractivity contribution in [1.29, 1.82) is 0 Å². The van der Waals surface area contributed by atoms with Crippen molar-refractivity contribution >= 4 is 27.7 Å². The lowest BCUT2D eigenvalue weighted by Crippen LogP contribution is -2.35. The van der Waals surface area contributed by atoms with Crippen LogP contribution >= 0.6 is 15.9 Å². The van der Waals surface area contributed by atoms with Crippen molar-refractivity contribution in [3.63, 3.8) is 0 Å². The van der Waals surface area contributed by atoms with Crippen LogP contribution in [-0.4, -0.2) is 11.1 Å².